The number of hydrogen-bond acceptors (Lipinski definition) is 3. The summed E-state index contributed by atoms with van der Waals surface area (Å²) >= 11 is 0. The molecule has 21 heavy (non-hydrogen) atoms. The van der Waals surface area contributed by atoms with Crippen molar-refractivity contribution in [1.82, 2.24) is 5.32 Å². The molecule has 0 bridgehead atoms. The predicted molar refractivity (Wildman–Crippen MR) is 84.8 cm³/mol. The van der Waals surface area contributed by atoms with E-state index in [1.54, 1.807) is 25.2 Å². The Balaban J connectivity index is 2.24. The van der Waals surface area contributed by atoms with Gasteiger partial charge in [-0.05, 0) is 41.8 Å². The van der Waals surface area contributed by atoms with E-state index in [1.165, 1.54) is 5.56 Å². The number of anilines is 1. The van der Waals surface area contributed by atoms with Gasteiger partial charge in [-0.15, -0.1) is 0 Å². The van der Waals surface area contributed by atoms with E-state index in [0.717, 1.165) is 0 Å². The Hall–Kier alpha value is -2.49. The Bertz CT molecular complexity index is 634. The first kappa shape index (κ1) is 14.9. The molecule has 110 valence electrons. The van der Waals surface area contributed by atoms with Gasteiger partial charge in [0.1, 0.15) is 5.75 Å². The quantitative estimate of drug-likeness (QED) is 0.844. The molecule has 4 nitrogen and oxygen atoms in total. The molecule has 0 aliphatic rings. The molecule has 2 aromatic carbocycles. The minimum Gasteiger partial charge on any atom is -0.455 e. The fourth-order valence-corrected chi connectivity index (χ4v) is 1.96. The molecule has 0 spiro atoms. The largest absolute Gasteiger partial charge is 0.455 e. The summed E-state index contributed by atoms with van der Waals surface area (Å²) < 4.78 is 5.77. The molecule has 3 N–H and O–H groups in total. The maximum Gasteiger partial charge on any atom is 0.251 e. The zero-order valence-electron chi connectivity index (χ0n) is 12.5. The smallest absolute Gasteiger partial charge is 0.251 e. The van der Waals surface area contributed by atoms with Crippen LogP contribution in [0.5, 0.6) is 11.5 Å². The van der Waals surface area contributed by atoms with Crippen LogP contribution in [0.25, 0.3) is 0 Å². The number of carbonyl (C=O) groups excluding carboxylic acids is 1. The Kier molecular flexibility index (Phi) is 4.48. The van der Waals surface area contributed by atoms with Crippen molar-refractivity contribution in [2.45, 2.75) is 19.8 Å². The average molecular weight is 284 g/mol. The van der Waals surface area contributed by atoms with Crippen molar-refractivity contribution in [1.29, 1.82) is 0 Å². The van der Waals surface area contributed by atoms with E-state index >= 15 is 0 Å². The molecule has 1 amide bonds. The van der Waals surface area contributed by atoms with Gasteiger partial charge >= 0.3 is 0 Å². The van der Waals surface area contributed by atoms with Gasteiger partial charge in [-0.1, -0.05) is 26.0 Å². The Labute approximate surface area is 124 Å². The number of ether oxygens (including phenoxy) is 1. The van der Waals surface area contributed by atoms with Crippen molar-refractivity contribution in [3.05, 3.63) is 53.6 Å². The first-order valence-corrected chi connectivity index (χ1v) is 6.90. The van der Waals surface area contributed by atoms with Crippen molar-refractivity contribution < 1.29 is 9.53 Å². The van der Waals surface area contributed by atoms with E-state index in [1.807, 2.05) is 24.3 Å². The van der Waals surface area contributed by atoms with Crippen molar-refractivity contribution in [3.8, 4) is 11.5 Å². The number of nitrogens with two attached hydrogens (primary N) is 1. The summed E-state index contributed by atoms with van der Waals surface area (Å²) in [7, 11) is 1.59. The van der Waals surface area contributed by atoms with Crippen LogP contribution < -0.4 is 15.8 Å². The number of benzene rings is 2. The second-order valence-electron chi connectivity index (χ2n) is 5.16. The second-order valence-corrected chi connectivity index (χ2v) is 5.16. The lowest BCUT2D eigenvalue weighted by Gasteiger charge is -2.11. The molecular formula is C17H20N2O2. The molecule has 0 radical (unpaired) electrons. The van der Waals surface area contributed by atoms with Gasteiger partial charge in [0.05, 0.1) is 5.69 Å². The summed E-state index contributed by atoms with van der Waals surface area (Å²) in [6.07, 6.45) is 0. The van der Waals surface area contributed by atoms with Gasteiger partial charge in [0.25, 0.3) is 5.91 Å². The first-order chi connectivity index (χ1) is 10.0. The molecule has 0 saturated carbocycles. The molecule has 0 unspecified atom stereocenters. The number of rotatable bonds is 4. The van der Waals surface area contributed by atoms with Crippen LogP contribution in [0.15, 0.2) is 42.5 Å². The third kappa shape index (κ3) is 3.54. The minimum absolute atomic E-state index is 0.171. The summed E-state index contributed by atoms with van der Waals surface area (Å²) in [4.78, 5) is 11.6. The Morgan fingerprint density at radius 1 is 1.14 bits per heavy atom. The highest BCUT2D eigenvalue weighted by atomic mass is 16.5. The SMILES string of the molecule is CNC(=O)c1ccc(N)c(Oc2ccc(C(C)C)cc2)c1. The van der Waals surface area contributed by atoms with Gasteiger partial charge in [0, 0.05) is 12.6 Å². The number of hydrogen-bond donors (Lipinski definition) is 2. The molecule has 0 aliphatic carbocycles. The molecule has 2 rings (SSSR count). The zero-order valence-corrected chi connectivity index (χ0v) is 12.5. The lowest BCUT2D eigenvalue weighted by Crippen LogP contribution is -2.17. The topological polar surface area (TPSA) is 64.4 Å². The lowest BCUT2D eigenvalue weighted by molar-refractivity contribution is 0.0963. The van der Waals surface area contributed by atoms with Crippen LogP contribution in [0, 0.1) is 0 Å². The van der Waals surface area contributed by atoms with Crippen LogP contribution in [0.4, 0.5) is 5.69 Å². The Morgan fingerprint density at radius 3 is 2.38 bits per heavy atom. The van der Waals surface area contributed by atoms with Crippen molar-refractivity contribution >= 4 is 11.6 Å². The third-order valence-electron chi connectivity index (χ3n) is 3.28. The highest BCUT2D eigenvalue weighted by Gasteiger charge is 2.09. The van der Waals surface area contributed by atoms with Crippen LogP contribution in [0.3, 0.4) is 0 Å². The highest BCUT2D eigenvalue weighted by molar-refractivity contribution is 5.95. The van der Waals surface area contributed by atoms with Crippen LogP contribution in [-0.4, -0.2) is 13.0 Å². The van der Waals surface area contributed by atoms with Gasteiger partial charge in [-0.25, -0.2) is 0 Å². The number of nitrogen functional groups attached to an aromatic ring is 1. The summed E-state index contributed by atoms with van der Waals surface area (Å²) in [5, 5.41) is 2.58. The van der Waals surface area contributed by atoms with Gasteiger partial charge in [0.2, 0.25) is 0 Å². The standard InChI is InChI=1S/C17H20N2O2/c1-11(2)12-4-7-14(8-5-12)21-16-10-13(17(20)19-3)6-9-15(16)18/h4-11H,18H2,1-3H3,(H,19,20). The van der Waals surface area contributed by atoms with Crippen molar-refractivity contribution in [2.75, 3.05) is 12.8 Å². The summed E-state index contributed by atoms with van der Waals surface area (Å²) in [6, 6.07) is 12.8. The summed E-state index contributed by atoms with van der Waals surface area (Å²) in [5.74, 6) is 1.48. The van der Waals surface area contributed by atoms with E-state index < -0.39 is 0 Å². The monoisotopic (exact) mass is 284 g/mol. The Morgan fingerprint density at radius 2 is 1.81 bits per heavy atom. The van der Waals surface area contributed by atoms with Crippen LogP contribution in [0.2, 0.25) is 0 Å². The predicted octanol–water partition coefficient (Wildman–Crippen LogP) is 3.54. The molecule has 0 atom stereocenters. The normalized spacial score (nSPS) is 10.5. The minimum atomic E-state index is -0.171. The van der Waals surface area contributed by atoms with Crippen LogP contribution in [-0.2, 0) is 0 Å². The highest BCUT2D eigenvalue weighted by Crippen LogP contribution is 2.29. The molecule has 4 heteroatoms. The van der Waals surface area contributed by atoms with Gasteiger partial charge in [-0.2, -0.15) is 0 Å². The molecule has 2 aromatic rings. The first-order valence-electron chi connectivity index (χ1n) is 6.90. The molecular weight excluding hydrogens is 264 g/mol. The maximum atomic E-state index is 11.6. The third-order valence-corrected chi connectivity index (χ3v) is 3.28. The second kappa shape index (κ2) is 6.31. The number of amides is 1. The van der Waals surface area contributed by atoms with E-state index in [-0.39, 0.29) is 5.91 Å². The van der Waals surface area contributed by atoms with Crippen molar-refractivity contribution in [2.24, 2.45) is 0 Å². The molecule has 0 saturated heterocycles. The fraction of sp³-hybridized carbons (Fsp3) is 0.235. The summed E-state index contributed by atoms with van der Waals surface area (Å²) in [5.41, 5.74) is 8.16. The molecule has 0 aromatic heterocycles. The van der Waals surface area contributed by atoms with Gasteiger partial charge in [0.15, 0.2) is 5.75 Å². The van der Waals surface area contributed by atoms with Crippen molar-refractivity contribution in [3.63, 3.8) is 0 Å². The number of carbonyl (C=O) groups is 1. The van der Waals surface area contributed by atoms with Gasteiger partial charge < -0.3 is 15.8 Å². The molecule has 0 aliphatic heterocycles. The van der Waals surface area contributed by atoms with E-state index in [2.05, 4.69) is 19.2 Å². The maximum absolute atomic E-state index is 11.6. The zero-order chi connectivity index (χ0) is 15.4. The number of nitrogens with one attached hydrogen (secondary N) is 1. The van der Waals surface area contributed by atoms with E-state index in [4.69, 9.17) is 10.5 Å². The van der Waals surface area contributed by atoms with Crippen LogP contribution >= 0.6 is 0 Å². The van der Waals surface area contributed by atoms with E-state index in [0.29, 0.717) is 28.7 Å². The fourth-order valence-electron chi connectivity index (χ4n) is 1.96. The molecule has 0 fully saturated rings. The molecule has 0 heterocycles. The lowest BCUT2D eigenvalue weighted by atomic mass is 10.0. The summed E-state index contributed by atoms with van der Waals surface area (Å²) in [6.45, 7) is 4.28. The average Bonchev–Trinajstić information content (AvgIpc) is 2.49. The van der Waals surface area contributed by atoms with Crippen LogP contribution in [0.1, 0.15) is 35.7 Å². The van der Waals surface area contributed by atoms with E-state index in [9.17, 15) is 4.79 Å². The van der Waals surface area contributed by atoms with Gasteiger partial charge in [-0.3, -0.25) is 4.79 Å².